The maximum absolute atomic E-state index is 13.3. The maximum Gasteiger partial charge on any atom is 0.416 e. The molecule has 2 saturated carbocycles. The highest BCUT2D eigenvalue weighted by molar-refractivity contribution is 5.89. The number of fused-ring (bicyclic) bond motifs is 1. The Morgan fingerprint density at radius 1 is 1.08 bits per heavy atom. The zero-order valence-electron chi connectivity index (χ0n) is 21.7. The smallest absolute Gasteiger partial charge is 0.340 e. The first-order chi connectivity index (χ1) is 17.5. The highest BCUT2D eigenvalue weighted by Gasteiger charge is 2.51. The minimum absolute atomic E-state index is 0.232. The number of hydrogen-bond acceptors (Lipinski definition) is 3. The van der Waals surface area contributed by atoms with Crippen LogP contribution in [0.25, 0.3) is 0 Å². The molecule has 1 N–H and O–H groups in total. The molecule has 6 rings (SSSR count). The number of carbonyl (C=O) groups excluding carboxylic acids is 2. The molecule has 1 saturated heterocycles. The third-order valence-electron chi connectivity index (χ3n) is 9.00. The molecular formula is C28H37F3N4O2. The van der Waals surface area contributed by atoms with E-state index in [4.69, 9.17) is 0 Å². The first-order valence-electron chi connectivity index (χ1n) is 13.5. The average Bonchev–Trinajstić information content (AvgIpc) is 3.72. The number of nitrogens with one attached hydrogen (secondary N) is 1. The number of urea groups is 1. The second kappa shape index (κ2) is 9.97. The van der Waals surface area contributed by atoms with Crippen molar-refractivity contribution in [1.82, 2.24) is 14.7 Å². The summed E-state index contributed by atoms with van der Waals surface area (Å²) in [6.45, 7) is 9.33. The second-order valence-corrected chi connectivity index (χ2v) is 11.7. The van der Waals surface area contributed by atoms with Gasteiger partial charge in [0.15, 0.2) is 0 Å². The van der Waals surface area contributed by atoms with E-state index in [2.05, 4.69) is 30.1 Å². The van der Waals surface area contributed by atoms with Crippen LogP contribution in [0.1, 0.15) is 45.1 Å². The van der Waals surface area contributed by atoms with Gasteiger partial charge >= 0.3 is 12.2 Å². The normalized spacial score (nSPS) is 25.2. The number of carbonyl (C=O) groups is 2. The zero-order valence-corrected chi connectivity index (χ0v) is 21.7. The van der Waals surface area contributed by atoms with Crippen LogP contribution in [0.2, 0.25) is 0 Å². The maximum atomic E-state index is 13.3. The number of allylic oxidation sites excluding steroid dienone is 1. The Bertz CT molecular complexity index is 1040. The van der Waals surface area contributed by atoms with E-state index in [0.717, 1.165) is 64.0 Å². The lowest BCUT2D eigenvalue weighted by Gasteiger charge is -2.57. The Morgan fingerprint density at radius 2 is 1.76 bits per heavy atom. The van der Waals surface area contributed by atoms with Crippen molar-refractivity contribution in [2.75, 3.05) is 51.1 Å². The largest absolute Gasteiger partial charge is 0.416 e. The molecule has 1 aromatic carbocycles. The third-order valence-corrected chi connectivity index (χ3v) is 9.00. The van der Waals surface area contributed by atoms with Crippen LogP contribution in [0.5, 0.6) is 0 Å². The highest BCUT2D eigenvalue weighted by atomic mass is 19.4. The Labute approximate surface area is 216 Å². The summed E-state index contributed by atoms with van der Waals surface area (Å²) < 4.78 is 38.8. The lowest BCUT2D eigenvalue weighted by molar-refractivity contribution is -0.137. The number of rotatable bonds is 7. The van der Waals surface area contributed by atoms with Gasteiger partial charge in [-0.3, -0.25) is 9.69 Å². The Balaban J connectivity index is 1.22. The van der Waals surface area contributed by atoms with Crippen molar-refractivity contribution in [3.63, 3.8) is 0 Å². The Kier molecular flexibility index (Phi) is 7.02. The molecule has 9 heteroatoms. The molecule has 5 aliphatic rings. The van der Waals surface area contributed by atoms with Crippen molar-refractivity contribution >= 4 is 17.6 Å². The van der Waals surface area contributed by atoms with Gasteiger partial charge in [0.05, 0.1) is 5.56 Å². The van der Waals surface area contributed by atoms with Crippen LogP contribution in [0, 0.1) is 23.2 Å². The molecule has 4 aliphatic carbocycles. The Morgan fingerprint density at radius 3 is 2.32 bits per heavy atom. The lowest BCUT2D eigenvalue weighted by atomic mass is 9.49. The molecular weight excluding hydrogens is 481 g/mol. The van der Waals surface area contributed by atoms with Crippen molar-refractivity contribution < 1.29 is 22.8 Å². The van der Waals surface area contributed by atoms with E-state index in [1.54, 1.807) is 4.90 Å². The summed E-state index contributed by atoms with van der Waals surface area (Å²) in [5.74, 6) is 1.67. The third kappa shape index (κ3) is 5.66. The molecule has 0 spiro atoms. The van der Waals surface area contributed by atoms with E-state index in [-0.39, 0.29) is 23.3 Å². The Hall–Kier alpha value is -2.55. The highest BCUT2D eigenvalue weighted by Crippen LogP contribution is 2.59. The van der Waals surface area contributed by atoms with E-state index in [9.17, 15) is 22.8 Å². The summed E-state index contributed by atoms with van der Waals surface area (Å²) in [7, 11) is 0. The molecule has 0 radical (unpaired) electrons. The first-order valence-corrected chi connectivity index (χ1v) is 13.5. The molecule has 1 heterocycles. The van der Waals surface area contributed by atoms with Crippen LogP contribution < -0.4 is 5.32 Å². The van der Waals surface area contributed by atoms with Crippen molar-refractivity contribution in [1.29, 1.82) is 0 Å². The number of anilines is 1. The predicted octanol–water partition coefficient (Wildman–Crippen LogP) is 5.09. The number of benzene rings is 1. The molecule has 2 bridgehead atoms. The van der Waals surface area contributed by atoms with Gasteiger partial charge in [0.1, 0.15) is 0 Å². The number of nitrogens with zero attached hydrogens (tertiary/aromatic N) is 3. The van der Waals surface area contributed by atoms with Crippen LogP contribution in [0.4, 0.5) is 23.7 Å². The van der Waals surface area contributed by atoms with E-state index >= 15 is 0 Å². The van der Waals surface area contributed by atoms with E-state index < -0.39 is 11.7 Å². The molecule has 3 amide bonds. The van der Waals surface area contributed by atoms with Gasteiger partial charge in [-0.15, -0.1) is 0 Å². The van der Waals surface area contributed by atoms with Gasteiger partial charge in [0, 0.05) is 57.4 Å². The number of alkyl halides is 3. The summed E-state index contributed by atoms with van der Waals surface area (Å²) in [5, 5.41) is 2.81. The monoisotopic (exact) mass is 518 g/mol. The topological polar surface area (TPSA) is 55.9 Å². The van der Waals surface area contributed by atoms with E-state index in [1.165, 1.54) is 17.7 Å². The second-order valence-electron chi connectivity index (χ2n) is 11.7. The van der Waals surface area contributed by atoms with Gasteiger partial charge in [0.2, 0.25) is 5.91 Å². The standard InChI is InChI=1S/C28H37F3N4O2/c1-27(2)22-6-5-20(24(27)17-22)18-35(26(37)32-23-9-7-21(8-10-23)28(29,30)31)16-13-33-11-14-34(15-12-33)25(36)19-3-4-19/h5,7-10,19,22,24H,3-4,6,11-18H2,1-2H3,(H,32,37). The number of amides is 3. The molecule has 37 heavy (non-hydrogen) atoms. The van der Waals surface area contributed by atoms with Crippen molar-refractivity contribution in [2.45, 2.75) is 45.7 Å². The van der Waals surface area contributed by atoms with Gasteiger partial charge in [-0.2, -0.15) is 13.2 Å². The van der Waals surface area contributed by atoms with Crippen LogP contribution in [0.15, 0.2) is 35.9 Å². The van der Waals surface area contributed by atoms with E-state index in [1.807, 2.05) is 4.90 Å². The summed E-state index contributed by atoms with van der Waals surface area (Å²) in [4.78, 5) is 31.7. The summed E-state index contributed by atoms with van der Waals surface area (Å²) in [6, 6.07) is 4.28. The van der Waals surface area contributed by atoms with Gasteiger partial charge in [-0.25, -0.2) is 4.79 Å². The molecule has 202 valence electrons. The minimum atomic E-state index is -4.41. The summed E-state index contributed by atoms with van der Waals surface area (Å²) >= 11 is 0. The summed E-state index contributed by atoms with van der Waals surface area (Å²) in [5.41, 5.74) is 1.13. The SMILES string of the molecule is CC1(C)C2CC=C(CN(CCN3CCN(C(=O)C4CC4)CC3)C(=O)Nc3ccc(C(F)(F)F)cc3)C1C2. The van der Waals surface area contributed by atoms with Gasteiger partial charge < -0.3 is 15.1 Å². The van der Waals surface area contributed by atoms with Gasteiger partial charge in [-0.05, 0) is 67.2 Å². The molecule has 0 aromatic heterocycles. The van der Waals surface area contributed by atoms with E-state index in [0.29, 0.717) is 37.2 Å². The molecule has 6 nitrogen and oxygen atoms in total. The zero-order chi connectivity index (χ0) is 26.4. The first kappa shape index (κ1) is 26.1. The molecule has 3 fully saturated rings. The van der Waals surface area contributed by atoms with Crippen LogP contribution in [0.3, 0.4) is 0 Å². The molecule has 2 unspecified atom stereocenters. The lowest BCUT2D eigenvalue weighted by Crippen LogP contribution is -2.53. The quantitative estimate of drug-likeness (QED) is 0.512. The number of piperazine rings is 1. The summed E-state index contributed by atoms with van der Waals surface area (Å²) in [6.07, 6.45) is 2.08. The van der Waals surface area contributed by atoms with Crippen LogP contribution in [-0.2, 0) is 11.0 Å². The molecule has 1 aromatic rings. The average molecular weight is 519 g/mol. The predicted molar refractivity (Wildman–Crippen MR) is 136 cm³/mol. The fourth-order valence-electron chi connectivity index (χ4n) is 6.12. The molecule has 2 atom stereocenters. The van der Waals surface area contributed by atoms with Crippen molar-refractivity contribution in [3.05, 3.63) is 41.5 Å². The number of halogens is 3. The fraction of sp³-hybridized carbons (Fsp3) is 0.643. The van der Waals surface area contributed by atoms with Crippen LogP contribution >= 0.6 is 0 Å². The van der Waals surface area contributed by atoms with Crippen LogP contribution in [-0.4, -0.2) is 72.5 Å². The van der Waals surface area contributed by atoms with Gasteiger partial charge in [0.25, 0.3) is 0 Å². The van der Waals surface area contributed by atoms with Crippen molar-refractivity contribution in [3.8, 4) is 0 Å². The number of hydrogen-bond donors (Lipinski definition) is 1. The minimum Gasteiger partial charge on any atom is -0.340 e. The molecule has 1 aliphatic heterocycles. The fourth-order valence-corrected chi connectivity index (χ4v) is 6.12. The van der Waals surface area contributed by atoms with Gasteiger partial charge in [-0.1, -0.05) is 25.5 Å². The van der Waals surface area contributed by atoms with Crippen molar-refractivity contribution in [2.24, 2.45) is 23.2 Å².